The second kappa shape index (κ2) is 8.68. The first-order chi connectivity index (χ1) is 13.0. The Morgan fingerprint density at radius 1 is 1.00 bits per heavy atom. The fraction of sp³-hybridized carbons (Fsp3) is 0.250. The zero-order chi connectivity index (χ0) is 19.3. The van der Waals surface area contributed by atoms with Gasteiger partial charge in [-0.25, -0.2) is 8.42 Å². The van der Waals surface area contributed by atoms with Gasteiger partial charge in [0, 0.05) is 43.2 Å². The van der Waals surface area contributed by atoms with Gasteiger partial charge in [0.05, 0.1) is 11.6 Å². The first kappa shape index (κ1) is 19.6. The van der Waals surface area contributed by atoms with Crippen LogP contribution in [0.5, 0.6) is 0 Å². The smallest absolute Gasteiger partial charge is 0.236 e. The van der Waals surface area contributed by atoms with Crippen LogP contribution in [0, 0.1) is 11.3 Å². The molecule has 0 amide bonds. The lowest BCUT2D eigenvalue weighted by molar-refractivity contribution is 0.182. The van der Waals surface area contributed by atoms with E-state index in [1.165, 1.54) is 9.71 Å². The standard InChI is InChI=1S/C20H20ClN3O2S/c21-20-7-5-17(6-8-20)9-14-27(25,26)24-12-10-23(11-13-24)16-19-3-1-18(15-22)2-4-19/h1-9,14H,10-13,16H2/b14-9+. The predicted octanol–water partition coefficient (Wildman–Crippen LogP) is 3.33. The molecule has 5 nitrogen and oxygen atoms in total. The summed E-state index contributed by atoms with van der Waals surface area (Å²) in [4.78, 5) is 2.22. The third kappa shape index (κ3) is 5.41. The molecule has 7 heteroatoms. The van der Waals surface area contributed by atoms with Crippen LogP contribution >= 0.6 is 11.6 Å². The van der Waals surface area contributed by atoms with Gasteiger partial charge in [-0.3, -0.25) is 4.90 Å². The van der Waals surface area contributed by atoms with Crippen molar-refractivity contribution in [2.24, 2.45) is 0 Å². The molecule has 0 unspecified atom stereocenters. The number of nitriles is 1. The highest BCUT2D eigenvalue weighted by molar-refractivity contribution is 7.92. The van der Waals surface area contributed by atoms with Gasteiger partial charge in [-0.05, 0) is 41.5 Å². The molecule has 0 aromatic heterocycles. The van der Waals surface area contributed by atoms with Gasteiger partial charge in [0.1, 0.15) is 0 Å². The molecule has 0 saturated carbocycles. The summed E-state index contributed by atoms with van der Waals surface area (Å²) in [6.07, 6.45) is 1.59. The second-order valence-corrected chi connectivity index (χ2v) is 8.64. The summed E-state index contributed by atoms with van der Waals surface area (Å²) in [5.74, 6) is 0. The molecule has 0 bridgehead atoms. The molecule has 0 radical (unpaired) electrons. The van der Waals surface area contributed by atoms with Gasteiger partial charge < -0.3 is 0 Å². The van der Waals surface area contributed by atoms with E-state index in [2.05, 4.69) is 11.0 Å². The normalized spacial score (nSPS) is 16.4. The summed E-state index contributed by atoms with van der Waals surface area (Å²) >= 11 is 5.84. The Hall–Kier alpha value is -2.17. The van der Waals surface area contributed by atoms with Crippen LogP contribution < -0.4 is 0 Å². The van der Waals surface area contributed by atoms with Crippen LogP contribution in [0.3, 0.4) is 0 Å². The van der Waals surface area contributed by atoms with E-state index in [9.17, 15) is 8.42 Å². The zero-order valence-corrected chi connectivity index (χ0v) is 16.3. The molecule has 27 heavy (non-hydrogen) atoms. The SMILES string of the molecule is N#Cc1ccc(CN2CCN(S(=O)(=O)/C=C/c3ccc(Cl)cc3)CC2)cc1. The van der Waals surface area contributed by atoms with Gasteiger partial charge in [0.25, 0.3) is 0 Å². The van der Waals surface area contributed by atoms with Crippen molar-refractivity contribution in [3.05, 3.63) is 75.7 Å². The fourth-order valence-electron chi connectivity index (χ4n) is 2.91. The van der Waals surface area contributed by atoms with E-state index in [0.717, 1.165) is 17.7 Å². The molecule has 1 saturated heterocycles. The number of nitrogens with zero attached hydrogens (tertiary/aromatic N) is 3. The quantitative estimate of drug-likeness (QED) is 0.770. The molecular weight excluding hydrogens is 382 g/mol. The number of rotatable bonds is 5. The minimum Gasteiger partial charge on any atom is -0.296 e. The van der Waals surface area contributed by atoms with Crippen LogP contribution in [0.1, 0.15) is 16.7 Å². The monoisotopic (exact) mass is 401 g/mol. The highest BCUT2D eigenvalue weighted by atomic mass is 35.5. The van der Waals surface area contributed by atoms with Crippen molar-refractivity contribution >= 4 is 27.7 Å². The molecular formula is C20H20ClN3O2S. The van der Waals surface area contributed by atoms with E-state index >= 15 is 0 Å². The van der Waals surface area contributed by atoms with Crippen molar-refractivity contribution in [1.29, 1.82) is 5.26 Å². The maximum atomic E-state index is 12.5. The number of benzene rings is 2. The molecule has 0 aliphatic carbocycles. The van der Waals surface area contributed by atoms with Crippen LogP contribution in [-0.2, 0) is 16.6 Å². The van der Waals surface area contributed by atoms with Gasteiger partial charge in [-0.15, -0.1) is 0 Å². The summed E-state index contributed by atoms with van der Waals surface area (Å²) < 4.78 is 26.6. The Bertz CT molecular complexity index is 940. The number of sulfonamides is 1. The molecule has 1 aliphatic rings. The van der Waals surface area contributed by atoms with Crippen molar-refractivity contribution in [2.75, 3.05) is 26.2 Å². The van der Waals surface area contributed by atoms with Gasteiger partial charge in [-0.1, -0.05) is 35.9 Å². The minimum absolute atomic E-state index is 0.462. The average Bonchev–Trinajstić information content (AvgIpc) is 2.69. The third-order valence-corrected chi connectivity index (χ3v) is 6.30. The predicted molar refractivity (Wildman–Crippen MR) is 107 cm³/mol. The van der Waals surface area contributed by atoms with E-state index < -0.39 is 10.0 Å². The maximum Gasteiger partial charge on any atom is 0.236 e. The van der Waals surface area contributed by atoms with Gasteiger partial charge >= 0.3 is 0 Å². The Kier molecular flexibility index (Phi) is 6.30. The molecule has 2 aromatic carbocycles. The molecule has 0 spiro atoms. The molecule has 3 rings (SSSR count). The average molecular weight is 402 g/mol. The van der Waals surface area contributed by atoms with Gasteiger partial charge in [-0.2, -0.15) is 9.57 Å². The van der Waals surface area contributed by atoms with Crippen molar-refractivity contribution in [3.63, 3.8) is 0 Å². The first-order valence-electron chi connectivity index (χ1n) is 8.61. The van der Waals surface area contributed by atoms with Crippen LogP contribution in [0.2, 0.25) is 5.02 Å². The van der Waals surface area contributed by atoms with Crippen molar-refractivity contribution in [3.8, 4) is 6.07 Å². The number of hydrogen-bond acceptors (Lipinski definition) is 4. The summed E-state index contributed by atoms with van der Waals surface area (Å²) in [5, 5.41) is 10.7. The van der Waals surface area contributed by atoms with Crippen LogP contribution in [0.15, 0.2) is 53.9 Å². The second-order valence-electron chi connectivity index (χ2n) is 6.38. The zero-order valence-electron chi connectivity index (χ0n) is 14.8. The highest BCUT2D eigenvalue weighted by Crippen LogP contribution is 2.15. The van der Waals surface area contributed by atoms with E-state index in [1.54, 1.807) is 42.5 Å². The van der Waals surface area contributed by atoms with Crippen LogP contribution in [0.4, 0.5) is 0 Å². The fourth-order valence-corrected chi connectivity index (χ4v) is 4.21. The van der Waals surface area contributed by atoms with E-state index in [-0.39, 0.29) is 0 Å². The molecule has 1 heterocycles. The summed E-state index contributed by atoms with van der Waals surface area (Å²) in [7, 11) is -3.44. The molecule has 0 N–H and O–H groups in total. The molecule has 2 aromatic rings. The summed E-state index contributed by atoms with van der Waals surface area (Å²) in [6, 6.07) is 16.6. The Labute approximate surface area is 165 Å². The molecule has 1 fully saturated rings. The van der Waals surface area contributed by atoms with Crippen LogP contribution in [0.25, 0.3) is 6.08 Å². The first-order valence-corrected chi connectivity index (χ1v) is 10.5. The van der Waals surface area contributed by atoms with Gasteiger partial charge in [0.15, 0.2) is 0 Å². The third-order valence-electron chi connectivity index (χ3n) is 4.48. The summed E-state index contributed by atoms with van der Waals surface area (Å²) in [5.41, 5.74) is 2.55. The van der Waals surface area contributed by atoms with Gasteiger partial charge in [0.2, 0.25) is 10.0 Å². The topological polar surface area (TPSA) is 64.4 Å². The molecule has 140 valence electrons. The number of piperazine rings is 1. The number of halogens is 1. The Balaban J connectivity index is 1.55. The lowest BCUT2D eigenvalue weighted by atomic mass is 10.1. The van der Waals surface area contributed by atoms with Crippen molar-refractivity contribution < 1.29 is 8.42 Å². The van der Waals surface area contributed by atoms with E-state index in [4.69, 9.17) is 16.9 Å². The van der Waals surface area contributed by atoms with Crippen LogP contribution in [-0.4, -0.2) is 43.8 Å². The lowest BCUT2D eigenvalue weighted by Crippen LogP contribution is -2.47. The lowest BCUT2D eigenvalue weighted by Gasteiger charge is -2.33. The Morgan fingerprint density at radius 3 is 2.22 bits per heavy atom. The Morgan fingerprint density at radius 2 is 1.63 bits per heavy atom. The largest absolute Gasteiger partial charge is 0.296 e. The van der Waals surface area contributed by atoms with Crippen molar-refractivity contribution in [2.45, 2.75) is 6.54 Å². The van der Waals surface area contributed by atoms with E-state index in [0.29, 0.717) is 36.8 Å². The van der Waals surface area contributed by atoms with Crippen molar-refractivity contribution in [1.82, 2.24) is 9.21 Å². The highest BCUT2D eigenvalue weighted by Gasteiger charge is 2.24. The van der Waals surface area contributed by atoms with E-state index in [1.807, 2.05) is 12.1 Å². The summed E-state index contributed by atoms with van der Waals surface area (Å²) in [6.45, 7) is 3.02. The molecule has 1 aliphatic heterocycles. The maximum absolute atomic E-state index is 12.5. The minimum atomic E-state index is -3.44. The number of hydrogen-bond donors (Lipinski definition) is 0. The molecule has 0 atom stereocenters.